The molecule has 3 aromatic carbocycles. The summed E-state index contributed by atoms with van der Waals surface area (Å²) in [5.74, 6) is 0.240. The fraction of sp³-hybridized carbons (Fsp3) is 0.571. The highest BCUT2D eigenvalue weighted by molar-refractivity contribution is 7.99. The number of rotatable bonds is 16. The van der Waals surface area contributed by atoms with Gasteiger partial charge in [0.15, 0.2) is 0 Å². The molecule has 0 aromatic heterocycles. The quantitative estimate of drug-likeness (QED) is 0.108. The van der Waals surface area contributed by atoms with Crippen LogP contribution in [0.15, 0.2) is 93.7 Å². The van der Waals surface area contributed by atoms with Crippen molar-refractivity contribution < 1.29 is 17.9 Å². The number of piperazine rings is 1. The molecule has 6 aliphatic rings. The Morgan fingerprint density at radius 1 is 0.933 bits per heavy atom. The van der Waals surface area contributed by atoms with Crippen LogP contribution in [0.4, 0.5) is 11.4 Å². The predicted molar refractivity (Wildman–Crippen MR) is 246 cm³/mol. The minimum absolute atomic E-state index is 0.0702. The van der Waals surface area contributed by atoms with Gasteiger partial charge in [0, 0.05) is 86.0 Å². The third-order valence-electron chi connectivity index (χ3n) is 14.2. The van der Waals surface area contributed by atoms with Gasteiger partial charge in [-0.15, -0.1) is 11.8 Å². The number of sulfonamides is 1. The Morgan fingerprint density at radius 2 is 1.67 bits per heavy atom. The van der Waals surface area contributed by atoms with Crippen LogP contribution >= 0.6 is 11.8 Å². The van der Waals surface area contributed by atoms with Crippen LogP contribution in [0, 0.1) is 23.2 Å². The van der Waals surface area contributed by atoms with Crippen LogP contribution in [0.1, 0.15) is 95.0 Å². The zero-order valence-corrected chi connectivity index (χ0v) is 38.2. The van der Waals surface area contributed by atoms with Crippen LogP contribution in [-0.2, 0) is 14.8 Å². The third-order valence-corrected chi connectivity index (χ3v) is 16.7. The van der Waals surface area contributed by atoms with Crippen molar-refractivity contribution in [2.75, 3.05) is 74.9 Å². The number of ether oxygens (including phenoxy) is 1. The number of hydrogen-bond acceptors (Lipinski definition) is 9. The lowest BCUT2D eigenvalue weighted by molar-refractivity contribution is -0.167. The topological polar surface area (TPSA) is 94.2 Å². The molecule has 4 aliphatic carbocycles. The molecule has 0 spiro atoms. The van der Waals surface area contributed by atoms with Crippen molar-refractivity contribution in [1.29, 1.82) is 0 Å². The van der Waals surface area contributed by atoms with Crippen molar-refractivity contribution >= 4 is 39.1 Å². The summed E-state index contributed by atoms with van der Waals surface area (Å²) in [5, 5.41) is 3.73. The molecule has 9 nitrogen and oxygen atoms in total. The summed E-state index contributed by atoms with van der Waals surface area (Å²) in [6.07, 6.45) is 10.3. The molecule has 2 N–H and O–H groups in total. The highest BCUT2D eigenvalue weighted by Crippen LogP contribution is 2.77. The zero-order valence-electron chi connectivity index (χ0n) is 36.6. The molecule has 3 saturated carbocycles. The van der Waals surface area contributed by atoms with Gasteiger partial charge in [-0.3, -0.25) is 14.6 Å². The first-order valence-corrected chi connectivity index (χ1v) is 24.9. The Kier molecular flexibility index (Phi) is 12.8. The number of allylic oxidation sites excluding steroid dienone is 1. The summed E-state index contributed by atoms with van der Waals surface area (Å²) >= 11 is 1.82. The van der Waals surface area contributed by atoms with Gasteiger partial charge in [0.25, 0.3) is 15.9 Å². The van der Waals surface area contributed by atoms with Gasteiger partial charge < -0.3 is 15.0 Å². The molecule has 0 radical (unpaired) electrons. The van der Waals surface area contributed by atoms with E-state index in [0.29, 0.717) is 21.8 Å². The molecule has 0 unspecified atom stereocenters. The minimum atomic E-state index is -4.09. The zero-order chi connectivity index (χ0) is 42.1. The van der Waals surface area contributed by atoms with Gasteiger partial charge in [-0.05, 0) is 135 Å². The molecule has 324 valence electrons. The molecule has 1 amide bonds. The van der Waals surface area contributed by atoms with E-state index in [9.17, 15) is 13.2 Å². The van der Waals surface area contributed by atoms with Gasteiger partial charge in [-0.1, -0.05) is 57.0 Å². The molecule has 2 aliphatic heterocycles. The maximum atomic E-state index is 13.5. The number of hydrogen-bond donors (Lipinski definition) is 2. The second-order valence-corrected chi connectivity index (χ2v) is 22.5. The summed E-state index contributed by atoms with van der Waals surface area (Å²) < 4.78 is 35.3. The van der Waals surface area contributed by atoms with Gasteiger partial charge in [-0.2, -0.15) is 0 Å². The Balaban J connectivity index is 0.846. The maximum Gasteiger partial charge on any atom is 0.264 e. The van der Waals surface area contributed by atoms with Gasteiger partial charge in [0.1, 0.15) is 0 Å². The first-order valence-electron chi connectivity index (χ1n) is 22.5. The molecule has 2 heterocycles. The van der Waals surface area contributed by atoms with Crippen LogP contribution in [0.25, 0.3) is 0 Å². The molecule has 2 saturated heterocycles. The molecular weight excluding hydrogens is 787 g/mol. The van der Waals surface area contributed by atoms with Crippen LogP contribution in [-0.4, -0.2) is 101 Å². The largest absolute Gasteiger partial charge is 0.381 e. The van der Waals surface area contributed by atoms with E-state index in [1.807, 2.05) is 48.5 Å². The Hall–Kier alpha value is -3.35. The number of nitrogens with one attached hydrogen (secondary N) is 2. The van der Waals surface area contributed by atoms with Crippen LogP contribution in [0.5, 0.6) is 0 Å². The van der Waals surface area contributed by atoms with Gasteiger partial charge in [0.05, 0.1) is 17.6 Å². The number of morpholine rings is 1. The molecule has 5 fully saturated rings. The summed E-state index contributed by atoms with van der Waals surface area (Å²) in [6, 6.07) is 23.0. The van der Waals surface area contributed by atoms with Crippen LogP contribution in [0.2, 0.25) is 0 Å². The third kappa shape index (κ3) is 9.96. The van der Waals surface area contributed by atoms with E-state index in [2.05, 4.69) is 76.7 Å². The molecule has 3 aromatic rings. The van der Waals surface area contributed by atoms with E-state index >= 15 is 0 Å². The lowest BCUT2D eigenvalue weighted by Gasteiger charge is -2.72. The molecule has 9 rings (SSSR count). The fourth-order valence-corrected chi connectivity index (χ4v) is 12.9. The Morgan fingerprint density at radius 3 is 2.35 bits per heavy atom. The number of thioether (sulfide) groups is 1. The minimum Gasteiger partial charge on any atom is -0.381 e. The van der Waals surface area contributed by atoms with Gasteiger partial charge in [0.2, 0.25) is 0 Å². The standard InChI is InChI=1S/C49H67N5O4S2/c1-6-41-31-52(26-27-58-41)21-19-39(32-59-42-10-8-7-9-11-42)50-45-17-16-43(28-36(45)2)60(56,57)51-46(55)37-12-14-40(15-13-37)54-24-22-53(23-25-54)30-38-18-20-47(3,4)29-44(38)49-33-48(5,34-49)35-49/h7-17,28,39,41,50H,6,18-27,29-35H2,1-5H3,(H,51,55)/t39-,41+,48?,49?/m1/s1. The Labute approximate surface area is 364 Å². The van der Waals surface area contributed by atoms with Gasteiger partial charge >= 0.3 is 0 Å². The van der Waals surface area contributed by atoms with Crippen LogP contribution in [0.3, 0.4) is 0 Å². The maximum absolute atomic E-state index is 13.5. The van der Waals surface area contributed by atoms with E-state index in [1.165, 1.54) is 43.4 Å². The van der Waals surface area contributed by atoms with Crippen molar-refractivity contribution in [1.82, 2.24) is 14.5 Å². The van der Waals surface area contributed by atoms with E-state index in [4.69, 9.17) is 4.74 Å². The number of nitrogens with zero attached hydrogens (tertiary/aromatic N) is 3. The fourth-order valence-electron chi connectivity index (χ4n) is 10.8. The van der Waals surface area contributed by atoms with Crippen molar-refractivity contribution in [2.24, 2.45) is 16.2 Å². The Bertz CT molecular complexity index is 2110. The number of amides is 1. The summed E-state index contributed by atoms with van der Waals surface area (Å²) in [7, 11) is -4.09. The molecule has 2 atom stereocenters. The lowest BCUT2D eigenvalue weighted by Crippen LogP contribution is -2.61. The number of carbonyl (C=O) groups is 1. The second-order valence-electron chi connectivity index (χ2n) is 19.7. The van der Waals surface area contributed by atoms with E-state index in [-0.39, 0.29) is 17.0 Å². The van der Waals surface area contributed by atoms with Crippen molar-refractivity contribution in [3.8, 4) is 0 Å². The number of benzene rings is 3. The van der Waals surface area contributed by atoms with Crippen molar-refractivity contribution in [2.45, 2.75) is 108 Å². The normalized spacial score (nSPS) is 26.2. The SMILES string of the molecule is CC[C@H]1CN(CC[C@H](CSc2ccccc2)Nc2ccc(S(=O)(=O)NC(=O)c3ccc(N4CCN(CC5=C(C67CC(C)(C6)C7)CC(C)(C)CC5)CC4)cc3)cc2C)CCO1. The van der Waals surface area contributed by atoms with Crippen LogP contribution < -0.4 is 14.9 Å². The summed E-state index contributed by atoms with van der Waals surface area (Å²) in [5.41, 5.74) is 8.20. The summed E-state index contributed by atoms with van der Waals surface area (Å²) in [4.78, 5) is 22.1. The average molecular weight is 854 g/mol. The summed E-state index contributed by atoms with van der Waals surface area (Å²) in [6.45, 7) is 20.1. The van der Waals surface area contributed by atoms with Crippen molar-refractivity contribution in [3.05, 3.63) is 95.1 Å². The number of aryl methyl sites for hydroxylation is 1. The second kappa shape index (κ2) is 17.8. The lowest BCUT2D eigenvalue weighted by atomic mass is 9.33. The number of carbonyl (C=O) groups excluding carboxylic acids is 1. The van der Waals surface area contributed by atoms with E-state index < -0.39 is 15.9 Å². The van der Waals surface area contributed by atoms with Crippen molar-refractivity contribution in [3.63, 3.8) is 0 Å². The predicted octanol–water partition coefficient (Wildman–Crippen LogP) is 9.01. The number of anilines is 2. The highest BCUT2D eigenvalue weighted by atomic mass is 32.2. The highest BCUT2D eigenvalue weighted by Gasteiger charge is 2.66. The molecular formula is C49H67N5O4S2. The average Bonchev–Trinajstić information content (AvgIpc) is 3.22. The first-order chi connectivity index (χ1) is 28.7. The monoisotopic (exact) mass is 853 g/mol. The van der Waals surface area contributed by atoms with Gasteiger partial charge in [-0.25, -0.2) is 13.1 Å². The smallest absolute Gasteiger partial charge is 0.264 e. The molecule has 11 heteroatoms. The van der Waals surface area contributed by atoms with E-state index in [0.717, 1.165) is 94.5 Å². The molecule has 2 bridgehead atoms. The molecule has 60 heavy (non-hydrogen) atoms. The van der Waals surface area contributed by atoms with E-state index in [1.54, 1.807) is 29.8 Å². The first kappa shape index (κ1) is 43.3.